The topological polar surface area (TPSA) is 38.8 Å². The highest BCUT2D eigenvalue weighted by molar-refractivity contribution is 6.32. The van der Waals surface area contributed by atoms with E-state index in [4.69, 9.17) is 21.1 Å². The number of fused-ring (bicyclic) bond motifs is 2. The lowest BCUT2D eigenvalue weighted by molar-refractivity contribution is 0.0000838. The molecule has 0 radical (unpaired) electrons. The van der Waals surface area contributed by atoms with Crippen molar-refractivity contribution in [3.8, 4) is 5.75 Å². The zero-order valence-electron chi connectivity index (χ0n) is 15.3. The van der Waals surface area contributed by atoms with Crippen LogP contribution in [0.5, 0.6) is 5.75 Å². The highest BCUT2D eigenvalue weighted by Gasteiger charge is 2.39. The molecule has 0 aromatic heterocycles. The van der Waals surface area contributed by atoms with Gasteiger partial charge in [0.1, 0.15) is 11.4 Å². The van der Waals surface area contributed by atoms with E-state index < -0.39 is 5.60 Å². The van der Waals surface area contributed by atoms with Gasteiger partial charge in [-0.1, -0.05) is 23.7 Å². The van der Waals surface area contributed by atoms with Crippen LogP contribution in [0.3, 0.4) is 0 Å². The number of methoxy groups -OCH3 is 1. The van der Waals surface area contributed by atoms with Gasteiger partial charge < -0.3 is 9.47 Å². The summed E-state index contributed by atoms with van der Waals surface area (Å²) in [5.41, 5.74) is 1.89. The third-order valence-electron chi connectivity index (χ3n) is 4.76. The number of nitrogens with zero attached hydrogens (tertiary/aromatic N) is 1. The van der Waals surface area contributed by atoms with Gasteiger partial charge in [0.25, 0.3) is 0 Å². The lowest BCUT2D eigenvalue weighted by Crippen LogP contribution is -2.53. The van der Waals surface area contributed by atoms with Crippen molar-refractivity contribution in [2.45, 2.75) is 64.1 Å². The number of rotatable bonds is 2. The molecule has 3 rings (SSSR count). The summed E-state index contributed by atoms with van der Waals surface area (Å²) < 4.78 is 11.0. The van der Waals surface area contributed by atoms with Crippen molar-refractivity contribution in [2.75, 3.05) is 7.11 Å². The van der Waals surface area contributed by atoms with Crippen molar-refractivity contribution < 1.29 is 14.3 Å². The van der Waals surface area contributed by atoms with E-state index in [0.29, 0.717) is 10.8 Å². The van der Waals surface area contributed by atoms with Gasteiger partial charge in [-0.05, 0) is 69.7 Å². The Bertz CT molecular complexity index is 693. The number of carbonyl (C=O) groups is 1. The number of amides is 1. The normalized spacial score (nSPS) is 23.1. The second-order valence-electron chi connectivity index (χ2n) is 7.79. The van der Waals surface area contributed by atoms with E-state index in [2.05, 4.69) is 6.08 Å². The minimum absolute atomic E-state index is 0.0963. The summed E-state index contributed by atoms with van der Waals surface area (Å²) in [6, 6.07) is 6.16. The highest BCUT2D eigenvalue weighted by Crippen LogP contribution is 2.39. The van der Waals surface area contributed by atoms with Crippen molar-refractivity contribution in [3.05, 3.63) is 34.9 Å². The van der Waals surface area contributed by atoms with Crippen LogP contribution in [0.1, 0.15) is 52.0 Å². The van der Waals surface area contributed by atoms with Gasteiger partial charge in [0.2, 0.25) is 0 Å². The fourth-order valence-electron chi connectivity index (χ4n) is 3.70. The fourth-order valence-corrected chi connectivity index (χ4v) is 3.90. The number of hydrogen-bond acceptors (Lipinski definition) is 3. The Morgan fingerprint density at radius 1 is 1.28 bits per heavy atom. The van der Waals surface area contributed by atoms with Crippen molar-refractivity contribution in [3.63, 3.8) is 0 Å². The zero-order valence-corrected chi connectivity index (χ0v) is 16.1. The molecule has 0 saturated carbocycles. The first-order chi connectivity index (χ1) is 11.8. The van der Waals surface area contributed by atoms with Gasteiger partial charge in [0.05, 0.1) is 18.2 Å². The van der Waals surface area contributed by atoms with Gasteiger partial charge in [-0.3, -0.25) is 4.90 Å². The van der Waals surface area contributed by atoms with Gasteiger partial charge in [0, 0.05) is 6.04 Å². The molecule has 4 nitrogen and oxygen atoms in total. The molecule has 2 heterocycles. The molecule has 2 aliphatic rings. The van der Waals surface area contributed by atoms with Gasteiger partial charge in [-0.2, -0.15) is 0 Å². The molecule has 1 fully saturated rings. The van der Waals surface area contributed by atoms with E-state index >= 15 is 0 Å². The maximum absolute atomic E-state index is 12.7. The van der Waals surface area contributed by atoms with Gasteiger partial charge >= 0.3 is 6.09 Å². The molecule has 2 aliphatic heterocycles. The molecule has 0 N–H and O–H groups in total. The summed E-state index contributed by atoms with van der Waals surface area (Å²) in [4.78, 5) is 14.6. The average molecular weight is 364 g/mol. The molecule has 136 valence electrons. The number of halogens is 1. The predicted octanol–water partition coefficient (Wildman–Crippen LogP) is 5.29. The van der Waals surface area contributed by atoms with Crippen LogP contribution >= 0.6 is 11.6 Å². The monoisotopic (exact) mass is 363 g/mol. The lowest BCUT2D eigenvalue weighted by atomic mass is 9.83. The predicted molar refractivity (Wildman–Crippen MR) is 100 cm³/mol. The standard InChI is InChI=1S/C20H26ClNO3/c1-20(2,3)25-19(23)22-15-6-5-7-16(22)11-14(10-15)13-8-9-17(21)18(12-13)24-4/h8-10,12,15-16H,5-7,11H2,1-4H3. The highest BCUT2D eigenvalue weighted by atomic mass is 35.5. The molecule has 25 heavy (non-hydrogen) atoms. The van der Waals surface area contributed by atoms with E-state index in [1.807, 2.05) is 43.9 Å². The van der Waals surface area contributed by atoms with Gasteiger partial charge in [-0.15, -0.1) is 0 Å². The molecular weight excluding hydrogens is 338 g/mol. The molecule has 1 amide bonds. The molecule has 0 aliphatic carbocycles. The Labute approximate surface area is 154 Å². The first-order valence-electron chi connectivity index (χ1n) is 8.84. The molecular formula is C20H26ClNO3. The summed E-state index contributed by atoms with van der Waals surface area (Å²) in [5, 5.41) is 0.609. The zero-order chi connectivity index (χ0) is 18.2. The number of carbonyl (C=O) groups excluding carboxylic acids is 1. The molecule has 1 aromatic carbocycles. The van der Waals surface area contributed by atoms with Gasteiger partial charge in [-0.25, -0.2) is 4.79 Å². The van der Waals surface area contributed by atoms with Crippen molar-refractivity contribution >= 4 is 23.3 Å². The minimum Gasteiger partial charge on any atom is -0.495 e. The van der Waals surface area contributed by atoms with Crippen LogP contribution in [-0.2, 0) is 4.74 Å². The molecule has 1 saturated heterocycles. The Morgan fingerprint density at radius 3 is 2.68 bits per heavy atom. The van der Waals surface area contributed by atoms with Crippen LogP contribution in [0.15, 0.2) is 24.3 Å². The van der Waals surface area contributed by atoms with Crippen LogP contribution in [-0.4, -0.2) is 35.8 Å². The number of piperidine rings is 1. The molecule has 2 atom stereocenters. The van der Waals surface area contributed by atoms with E-state index in [9.17, 15) is 4.79 Å². The summed E-state index contributed by atoms with van der Waals surface area (Å²) in [7, 11) is 1.62. The van der Waals surface area contributed by atoms with E-state index in [0.717, 1.165) is 31.2 Å². The number of hydrogen-bond donors (Lipinski definition) is 0. The van der Waals surface area contributed by atoms with Crippen molar-refractivity contribution in [1.82, 2.24) is 4.90 Å². The van der Waals surface area contributed by atoms with Crippen LogP contribution < -0.4 is 4.74 Å². The second kappa shape index (κ2) is 6.91. The number of benzene rings is 1. The van der Waals surface area contributed by atoms with Crippen molar-refractivity contribution in [2.24, 2.45) is 0 Å². The summed E-state index contributed by atoms with van der Waals surface area (Å²) in [6.07, 6.45) is 5.97. The number of ether oxygens (including phenoxy) is 2. The molecule has 1 aromatic rings. The Hall–Kier alpha value is -1.68. The second-order valence-corrected chi connectivity index (χ2v) is 8.19. The summed E-state index contributed by atoms with van der Waals surface area (Å²) in [5.74, 6) is 0.680. The van der Waals surface area contributed by atoms with Crippen LogP contribution in [0.4, 0.5) is 4.79 Å². The SMILES string of the molecule is COc1cc(C2=CC3CCCC(C2)N3C(=O)OC(C)(C)C)ccc1Cl. The van der Waals surface area contributed by atoms with E-state index in [1.165, 1.54) is 5.57 Å². The minimum atomic E-state index is -0.473. The summed E-state index contributed by atoms with van der Waals surface area (Å²) >= 11 is 6.14. The Morgan fingerprint density at radius 2 is 2.04 bits per heavy atom. The van der Waals surface area contributed by atoms with Crippen LogP contribution in [0.2, 0.25) is 5.02 Å². The summed E-state index contributed by atoms with van der Waals surface area (Å²) in [6.45, 7) is 5.73. The maximum atomic E-state index is 12.7. The molecule has 0 spiro atoms. The van der Waals surface area contributed by atoms with Crippen LogP contribution in [0, 0.1) is 0 Å². The largest absolute Gasteiger partial charge is 0.495 e. The quantitative estimate of drug-likeness (QED) is 0.716. The van der Waals surface area contributed by atoms with Crippen LogP contribution in [0.25, 0.3) is 5.57 Å². The first kappa shape index (κ1) is 18.1. The first-order valence-corrected chi connectivity index (χ1v) is 9.22. The Balaban J connectivity index is 1.87. The molecule has 2 unspecified atom stereocenters. The van der Waals surface area contributed by atoms with E-state index in [1.54, 1.807) is 7.11 Å². The molecule has 2 bridgehead atoms. The van der Waals surface area contributed by atoms with Crippen molar-refractivity contribution in [1.29, 1.82) is 0 Å². The average Bonchev–Trinajstić information content (AvgIpc) is 2.52. The third kappa shape index (κ3) is 3.95. The Kier molecular flexibility index (Phi) is 5.01. The third-order valence-corrected chi connectivity index (χ3v) is 5.08. The maximum Gasteiger partial charge on any atom is 0.411 e. The molecule has 5 heteroatoms. The lowest BCUT2D eigenvalue weighted by Gasteiger charge is -2.45. The van der Waals surface area contributed by atoms with Gasteiger partial charge in [0.15, 0.2) is 0 Å². The fraction of sp³-hybridized carbons (Fsp3) is 0.550. The smallest absolute Gasteiger partial charge is 0.411 e. The van der Waals surface area contributed by atoms with E-state index in [-0.39, 0.29) is 18.2 Å².